The number of unbranched alkanes of at least 4 members (excludes halogenated alkanes) is 1. The number of rotatable bonds is 7. The zero-order valence-electron chi connectivity index (χ0n) is 10.7. The molecule has 94 valence electrons. The minimum atomic E-state index is -0.0944. The number of benzene rings is 1. The van der Waals surface area contributed by atoms with Crippen molar-refractivity contribution in [2.75, 3.05) is 18.5 Å². The monoisotopic (exact) mass is 235 g/mol. The minimum Gasteiger partial charge on any atom is -0.466 e. The van der Waals surface area contributed by atoms with Crippen LogP contribution in [0.2, 0.25) is 0 Å². The lowest BCUT2D eigenvalue weighted by molar-refractivity contribution is -0.143. The van der Waals surface area contributed by atoms with Crippen LogP contribution in [-0.4, -0.2) is 19.1 Å². The third-order valence-corrected chi connectivity index (χ3v) is 2.46. The van der Waals surface area contributed by atoms with Crippen LogP contribution in [-0.2, 0) is 9.53 Å². The SMILES string of the molecule is CCOC(=O)CCCCNc1cccc(C)c1. The van der Waals surface area contributed by atoms with Gasteiger partial charge in [-0.05, 0) is 44.4 Å². The smallest absolute Gasteiger partial charge is 0.305 e. The van der Waals surface area contributed by atoms with Gasteiger partial charge in [-0.25, -0.2) is 0 Å². The van der Waals surface area contributed by atoms with Crippen molar-refractivity contribution in [3.05, 3.63) is 29.8 Å². The van der Waals surface area contributed by atoms with Crippen LogP contribution < -0.4 is 5.32 Å². The highest BCUT2D eigenvalue weighted by Gasteiger charge is 2.00. The zero-order valence-corrected chi connectivity index (χ0v) is 10.7. The summed E-state index contributed by atoms with van der Waals surface area (Å²) in [6, 6.07) is 8.28. The Balaban J connectivity index is 2.10. The quantitative estimate of drug-likeness (QED) is 0.583. The van der Waals surface area contributed by atoms with Gasteiger partial charge in [-0.2, -0.15) is 0 Å². The molecule has 0 aliphatic rings. The molecule has 0 aliphatic carbocycles. The van der Waals surface area contributed by atoms with Crippen molar-refractivity contribution in [2.45, 2.75) is 33.1 Å². The number of hydrogen-bond donors (Lipinski definition) is 1. The maximum absolute atomic E-state index is 11.1. The van der Waals surface area contributed by atoms with E-state index in [0.717, 1.165) is 25.1 Å². The average molecular weight is 235 g/mol. The van der Waals surface area contributed by atoms with Crippen LogP contribution in [0.3, 0.4) is 0 Å². The first-order valence-corrected chi connectivity index (χ1v) is 6.18. The molecule has 0 atom stereocenters. The van der Waals surface area contributed by atoms with E-state index in [2.05, 4.69) is 30.4 Å². The molecule has 0 radical (unpaired) electrons. The predicted octanol–water partition coefficient (Wildman–Crippen LogP) is 3.14. The Morgan fingerprint density at radius 1 is 1.35 bits per heavy atom. The Morgan fingerprint density at radius 2 is 2.18 bits per heavy atom. The number of nitrogens with one attached hydrogen (secondary N) is 1. The van der Waals surface area contributed by atoms with Gasteiger partial charge >= 0.3 is 5.97 Å². The van der Waals surface area contributed by atoms with Gasteiger partial charge in [-0.15, -0.1) is 0 Å². The number of carbonyl (C=O) groups is 1. The average Bonchev–Trinajstić information content (AvgIpc) is 2.29. The van der Waals surface area contributed by atoms with E-state index in [1.165, 1.54) is 5.56 Å². The van der Waals surface area contributed by atoms with Gasteiger partial charge in [0.25, 0.3) is 0 Å². The van der Waals surface area contributed by atoms with Crippen LogP contribution in [0.4, 0.5) is 5.69 Å². The summed E-state index contributed by atoms with van der Waals surface area (Å²) in [7, 11) is 0. The van der Waals surface area contributed by atoms with Crippen molar-refractivity contribution in [1.29, 1.82) is 0 Å². The van der Waals surface area contributed by atoms with Crippen LogP contribution in [0.15, 0.2) is 24.3 Å². The summed E-state index contributed by atoms with van der Waals surface area (Å²) in [6.45, 7) is 5.27. The molecule has 1 aromatic carbocycles. The molecule has 0 bridgehead atoms. The van der Waals surface area contributed by atoms with E-state index < -0.39 is 0 Å². The standard InChI is InChI=1S/C14H21NO2/c1-3-17-14(16)9-4-5-10-15-13-8-6-7-12(2)11-13/h6-8,11,15H,3-5,9-10H2,1-2H3. The second-order valence-electron chi connectivity index (χ2n) is 4.06. The third kappa shape index (κ3) is 5.95. The molecule has 0 spiro atoms. The highest BCUT2D eigenvalue weighted by Crippen LogP contribution is 2.09. The number of carbonyl (C=O) groups excluding carboxylic acids is 1. The Kier molecular flexibility index (Phi) is 6.15. The lowest BCUT2D eigenvalue weighted by Crippen LogP contribution is -2.06. The summed E-state index contributed by atoms with van der Waals surface area (Å²) < 4.78 is 4.86. The molecule has 17 heavy (non-hydrogen) atoms. The molecule has 3 nitrogen and oxygen atoms in total. The first-order chi connectivity index (χ1) is 8.22. The molecule has 0 amide bonds. The van der Waals surface area contributed by atoms with Gasteiger partial charge in [0, 0.05) is 18.7 Å². The first-order valence-electron chi connectivity index (χ1n) is 6.18. The summed E-state index contributed by atoms with van der Waals surface area (Å²) in [4.78, 5) is 11.1. The Morgan fingerprint density at radius 3 is 2.88 bits per heavy atom. The number of ether oxygens (including phenoxy) is 1. The number of esters is 1. The summed E-state index contributed by atoms with van der Waals surface area (Å²) in [6.07, 6.45) is 2.37. The third-order valence-electron chi connectivity index (χ3n) is 2.46. The molecule has 1 N–H and O–H groups in total. The van der Waals surface area contributed by atoms with Crippen molar-refractivity contribution >= 4 is 11.7 Å². The van der Waals surface area contributed by atoms with Gasteiger partial charge in [0.15, 0.2) is 0 Å². The van der Waals surface area contributed by atoms with E-state index in [1.807, 2.05) is 13.0 Å². The van der Waals surface area contributed by atoms with Crippen LogP contribution in [0.1, 0.15) is 31.7 Å². The normalized spacial score (nSPS) is 10.0. The first kappa shape index (κ1) is 13.6. The molecular formula is C14H21NO2. The van der Waals surface area contributed by atoms with E-state index in [-0.39, 0.29) is 5.97 Å². The zero-order chi connectivity index (χ0) is 12.5. The van der Waals surface area contributed by atoms with Gasteiger partial charge < -0.3 is 10.1 Å². The van der Waals surface area contributed by atoms with Gasteiger partial charge in [0.2, 0.25) is 0 Å². The fourth-order valence-corrected chi connectivity index (χ4v) is 1.62. The van der Waals surface area contributed by atoms with E-state index in [0.29, 0.717) is 13.0 Å². The predicted molar refractivity (Wildman–Crippen MR) is 70.2 cm³/mol. The molecule has 0 aliphatic heterocycles. The molecule has 3 heteroatoms. The van der Waals surface area contributed by atoms with E-state index in [4.69, 9.17) is 4.74 Å². The summed E-state index contributed by atoms with van der Waals surface area (Å²) >= 11 is 0. The van der Waals surface area contributed by atoms with Gasteiger partial charge in [-0.3, -0.25) is 4.79 Å². The molecule has 0 saturated carbocycles. The topological polar surface area (TPSA) is 38.3 Å². The molecule has 0 aromatic heterocycles. The van der Waals surface area contributed by atoms with Gasteiger partial charge in [-0.1, -0.05) is 12.1 Å². The molecule has 1 rings (SSSR count). The molecule has 0 saturated heterocycles. The maximum Gasteiger partial charge on any atom is 0.305 e. The lowest BCUT2D eigenvalue weighted by Gasteiger charge is -2.06. The van der Waals surface area contributed by atoms with E-state index in [1.54, 1.807) is 0 Å². The van der Waals surface area contributed by atoms with Crippen molar-refractivity contribution in [3.8, 4) is 0 Å². The summed E-state index contributed by atoms with van der Waals surface area (Å²) in [5.41, 5.74) is 2.39. The highest BCUT2D eigenvalue weighted by atomic mass is 16.5. The second-order valence-corrected chi connectivity index (χ2v) is 4.06. The minimum absolute atomic E-state index is 0.0944. The highest BCUT2D eigenvalue weighted by molar-refractivity contribution is 5.69. The Hall–Kier alpha value is -1.51. The molecule has 0 unspecified atom stereocenters. The van der Waals surface area contributed by atoms with Crippen LogP contribution in [0, 0.1) is 6.92 Å². The number of hydrogen-bond acceptors (Lipinski definition) is 3. The van der Waals surface area contributed by atoms with Crippen molar-refractivity contribution in [1.82, 2.24) is 0 Å². The second kappa shape index (κ2) is 7.71. The van der Waals surface area contributed by atoms with Gasteiger partial charge in [0.05, 0.1) is 6.61 Å². The van der Waals surface area contributed by atoms with Gasteiger partial charge in [0.1, 0.15) is 0 Å². The van der Waals surface area contributed by atoms with E-state index >= 15 is 0 Å². The lowest BCUT2D eigenvalue weighted by atomic mass is 10.2. The van der Waals surface area contributed by atoms with Crippen molar-refractivity contribution in [2.24, 2.45) is 0 Å². The largest absolute Gasteiger partial charge is 0.466 e. The summed E-state index contributed by atoms with van der Waals surface area (Å²) in [5, 5.41) is 3.34. The maximum atomic E-state index is 11.1. The fraction of sp³-hybridized carbons (Fsp3) is 0.500. The van der Waals surface area contributed by atoms with Crippen LogP contribution in [0.25, 0.3) is 0 Å². The Labute approximate surface area is 103 Å². The van der Waals surface area contributed by atoms with E-state index in [9.17, 15) is 4.79 Å². The fourth-order valence-electron chi connectivity index (χ4n) is 1.62. The number of anilines is 1. The number of aryl methyl sites for hydroxylation is 1. The van der Waals surface area contributed by atoms with Crippen LogP contribution >= 0.6 is 0 Å². The molecule has 1 aromatic rings. The molecule has 0 fully saturated rings. The summed E-state index contributed by atoms with van der Waals surface area (Å²) in [5.74, 6) is -0.0944. The molecular weight excluding hydrogens is 214 g/mol. The Bertz CT molecular complexity index is 350. The van der Waals surface area contributed by atoms with Crippen molar-refractivity contribution < 1.29 is 9.53 Å². The molecule has 0 heterocycles. The van der Waals surface area contributed by atoms with Crippen LogP contribution in [0.5, 0.6) is 0 Å². The van der Waals surface area contributed by atoms with Crippen molar-refractivity contribution in [3.63, 3.8) is 0 Å².